The second-order valence-corrected chi connectivity index (χ2v) is 3.75. The fourth-order valence-electron chi connectivity index (χ4n) is 1.42. The molecule has 0 aliphatic rings. The average molecular weight is 240 g/mol. The lowest BCUT2D eigenvalue weighted by atomic mass is 10.0. The second-order valence-electron chi connectivity index (χ2n) is 3.75. The number of carbonyl (C=O) groups excluding carboxylic acids is 1. The van der Waals surface area contributed by atoms with Crippen LogP contribution in [-0.2, 0) is 4.79 Å². The van der Waals surface area contributed by atoms with E-state index in [4.69, 9.17) is 0 Å². The number of aliphatic hydroxyl groups is 2. The van der Waals surface area contributed by atoms with Crippen LogP contribution in [0.2, 0.25) is 0 Å². The third kappa shape index (κ3) is 4.01. The molecular weight excluding hydrogens is 224 g/mol. The van der Waals surface area contributed by atoms with Gasteiger partial charge in [-0.05, 0) is 6.42 Å². The minimum absolute atomic E-state index is 0.114. The molecule has 0 saturated carbocycles. The van der Waals surface area contributed by atoms with Crippen molar-refractivity contribution in [2.75, 3.05) is 6.54 Å². The smallest absolute Gasteiger partial charge is 0.216 e. The number of hydrogen-bond acceptors (Lipinski definition) is 4. The van der Waals surface area contributed by atoms with E-state index in [1.54, 1.807) is 0 Å². The van der Waals surface area contributed by atoms with E-state index in [9.17, 15) is 19.8 Å². The van der Waals surface area contributed by atoms with Crippen LogP contribution >= 0.6 is 0 Å². The molecule has 1 rings (SSSR count). The highest BCUT2D eigenvalue weighted by Gasteiger charge is 2.20. The Morgan fingerprint density at radius 1 is 1.53 bits per heavy atom. The first-order valence-corrected chi connectivity index (χ1v) is 5.30. The summed E-state index contributed by atoms with van der Waals surface area (Å²) < 4.78 is 0. The molecule has 6 nitrogen and oxygen atoms in total. The summed E-state index contributed by atoms with van der Waals surface area (Å²) in [5.74, 6) is -0.204. The number of aromatic amines is 1. The number of aliphatic hydroxyl groups excluding tert-OH is 2. The molecule has 0 aliphatic heterocycles. The Labute approximate surface area is 98.3 Å². The number of amides is 1. The van der Waals surface area contributed by atoms with Gasteiger partial charge in [-0.3, -0.25) is 9.59 Å². The largest absolute Gasteiger partial charge is 0.390 e. The molecule has 0 radical (unpaired) electrons. The zero-order chi connectivity index (χ0) is 12.8. The highest BCUT2D eigenvalue weighted by molar-refractivity contribution is 5.72. The van der Waals surface area contributed by atoms with E-state index in [1.165, 1.54) is 25.4 Å². The number of carbonyl (C=O) groups is 1. The fourth-order valence-corrected chi connectivity index (χ4v) is 1.42. The zero-order valence-corrected chi connectivity index (χ0v) is 9.51. The minimum atomic E-state index is -1.26. The van der Waals surface area contributed by atoms with Gasteiger partial charge in [0.2, 0.25) is 5.91 Å². The van der Waals surface area contributed by atoms with Gasteiger partial charge >= 0.3 is 0 Å². The summed E-state index contributed by atoms with van der Waals surface area (Å²) >= 11 is 0. The molecule has 0 aromatic carbocycles. The van der Waals surface area contributed by atoms with Gasteiger partial charge in [0.25, 0.3) is 0 Å². The lowest BCUT2D eigenvalue weighted by Gasteiger charge is -2.17. The molecule has 1 amide bonds. The Morgan fingerprint density at radius 2 is 2.24 bits per heavy atom. The van der Waals surface area contributed by atoms with E-state index in [0.717, 1.165) is 0 Å². The fraction of sp³-hybridized carbons (Fsp3) is 0.455. The SMILES string of the molecule is CC(=O)NCCC(O)C(O)c1c[nH]ccc1=O. The second kappa shape index (κ2) is 6.17. The highest BCUT2D eigenvalue weighted by Crippen LogP contribution is 2.14. The van der Waals surface area contributed by atoms with Crippen molar-refractivity contribution in [3.63, 3.8) is 0 Å². The maximum Gasteiger partial charge on any atom is 0.216 e. The molecule has 1 heterocycles. The molecule has 0 fully saturated rings. The van der Waals surface area contributed by atoms with E-state index in [0.29, 0.717) is 0 Å². The topological polar surface area (TPSA) is 102 Å². The van der Waals surface area contributed by atoms with Crippen LogP contribution in [-0.4, -0.2) is 33.8 Å². The van der Waals surface area contributed by atoms with Crippen LogP contribution in [0.5, 0.6) is 0 Å². The Hall–Kier alpha value is -1.66. The normalized spacial score (nSPS) is 14.1. The molecule has 1 aromatic heterocycles. The van der Waals surface area contributed by atoms with Gasteiger partial charge in [0.05, 0.1) is 6.10 Å². The number of pyridine rings is 1. The van der Waals surface area contributed by atoms with E-state index < -0.39 is 12.2 Å². The molecule has 0 bridgehead atoms. The molecular formula is C11H16N2O4. The van der Waals surface area contributed by atoms with Crippen LogP contribution in [0.4, 0.5) is 0 Å². The number of rotatable bonds is 5. The maximum atomic E-state index is 11.4. The van der Waals surface area contributed by atoms with Crippen LogP contribution in [0.3, 0.4) is 0 Å². The van der Waals surface area contributed by atoms with Crippen LogP contribution in [0.1, 0.15) is 25.0 Å². The number of H-pyrrole nitrogens is 1. The van der Waals surface area contributed by atoms with Crippen molar-refractivity contribution in [1.82, 2.24) is 10.3 Å². The van der Waals surface area contributed by atoms with Gasteiger partial charge in [-0.25, -0.2) is 0 Å². The molecule has 94 valence electrons. The summed E-state index contributed by atoms with van der Waals surface area (Å²) in [6.07, 6.45) is 0.630. The Balaban J connectivity index is 2.58. The van der Waals surface area contributed by atoms with E-state index in [1.807, 2.05) is 0 Å². The molecule has 0 saturated heterocycles. The van der Waals surface area contributed by atoms with Crippen LogP contribution in [0.15, 0.2) is 23.3 Å². The first-order chi connectivity index (χ1) is 8.02. The molecule has 17 heavy (non-hydrogen) atoms. The summed E-state index contributed by atoms with van der Waals surface area (Å²) in [7, 11) is 0. The first-order valence-electron chi connectivity index (χ1n) is 5.30. The Morgan fingerprint density at radius 3 is 2.82 bits per heavy atom. The van der Waals surface area contributed by atoms with Crippen molar-refractivity contribution >= 4 is 5.91 Å². The predicted molar refractivity (Wildman–Crippen MR) is 61.3 cm³/mol. The standard InChI is InChI=1S/C11H16N2O4/c1-7(14)13-5-3-10(16)11(17)8-6-12-4-2-9(8)15/h2,4,6,10-11,16-17H,3,5H2,1H3,(H,12,15)(H,13,14). The molecule has 0 aliphatic carbocycles. The minimum Gasteiger partial charge on any atom is -0.390 e. The first kappa shape index (κ1) is 13.4. The highest BCUT2D eigenvalue weighted by atomic mass is 16.3. The summed E-state index contributed by atoms with van der Waals surface area (Å²) in [5.41, 5.74) is -0.224. The van der Waals surface area contributed by atoms with Gasteiger partial charge in [0.1, 0.15) is 6.10 Å². The number of hydrogen-bond donors (Lipinski definition) is 4. The molecule has 2 atom stereocenters. The summed E-state index contributed by atoms with van der Waals surface area (Å²) in [4.78, 5) is 24.7. The molecule has 4 N–H and O–H groups in total. The third-order valence-electron chi connectivity index (χ3n) is 2.35. The quantitative estimate of drug-likeness (QED) is 0.546. The van der Waals surface area contributed by atoms with Crippen LogP contribution < -0.4 is 10.7 Å². The molecule has 6 heteroatoms. The van der Waals surface area contributed by atoms with Crippen molar-refractivity contribution in [3.8, 4) is 0 Å². The molecule has 2 unspecified atom stereocenters. The lowest BCUT2D eigenvalue weighted by molar-refractivity contribution is -0.119. The van der Waals surface area contributed by atoms with Gasteiger partial charge in [-0.1, -0.05) is 0 Å². The maximum absolute atomic E-state index is 11.4. The van der Waals surface area contributed by atoms with E-state index >= 15 is 0 Å². The van der Waals surface area contributed by atoms with Gasteiger partial charge < -0.3 is 20.5 Å². The van der Waals surface area contributed by atoms with Gasteiger partial charge in [-0.2, -0.15) is 0 Å². The van der Waals surface area contributed by atoms with Crippen LogP contribution in [0, 0.1) is 0 Å². The van der Waals surface area contributed by atoms with Crippen molar-refractivity contribution in [3.05, 3.63) is 34.2 Å². The lowest BCUT2D eigenvalue weighted by Crippen LogP contribution is -2.29. The molecule has 1 aromatic rings. The van der Waals surface area contributed by atoms with Crippen molar-refractivity contribution < 1.29 is 15.0 Å². The van der Waals surface area contributed by atoms with Gasteiger partial charge in [0.15, 0.2) is 5.43 Å². The summed E-state index contributed by atoms with van der Waals surface area (Å²) in [5, 5.41) is 21.9. The van der Waals surface area contributed by atoms with Crippen molar-refractivity contribution in [2.45, 2.75) is 25.6 Å². The van der Waals surface area contributed by atoms with Crippen LogP contribution in [0.25, 0.3) is 0 Å². The average Bonchev–Trinajstić information content (AvgIpc) is 2.28. The van der Waals surface area contributed by atoms with E-state index in [2.05, 4.69) is 10.3 Å². The van der Waals surface area contributed by atoms with E-state index in [-0.39, 0.29) is 29.9 Å². The summed E-state index contributed by atoms with van der Waals surface area (Å²) in [6.45, 7) is 1.61. The van der Waals surface area contributed by atoms with Crippen molar-refractivity contribution in [2.24, 2.45) is 0 Å². The predicted octanol–water partition coefficient (Wildman–Crippen LogP) is -0.705. The van der Waals surface area contributed by atoms with Gasteiger partial charge in [-0.15, -0.1) is 0 Å². The Bertz CT molecular complexity index is 429. The number of nitrogens with one attached hydrogen (secondary N) is 2. The third-order valence-corrected chi connectivity index (χ3v) is 2.35. The zero-order valence-electron chi connectivity index (χ0n) is 9.51. The monoisotopic (exact) mass is 240 g/mol. The van der Waals surface area contributed by atoms with Crippen molar-refractivity contribution in [1.29, 1.82) is 0 Å². The Kier molecular flexibility index (Phi) is 4.86. The molecule has 0 spiro atoms. The van der Waals surface area contributed by atoms with Gasteiger partial charge in [0, 0.05) is 37.5 Å². The summed E-state index contributed by atoms with van der Waals surface area (Å²) in [6, 6.07) is 1.28. The number of aromatic nitrogens is 1.